The Kier molecular flexibility index (Phi) is 4.48. The predicted octanol–water partition coefficient (Wildman–Crippen LogP) is 3.37. The summed E-state index contributed by atoms with van der Waals surface area (Å²) in [4.78, 5) is 0. The van der Waals surface area contributed by atoms with Crippen molar-refractivity contribution in [2.75, 3.05) is 19.5 Å². The molecule has 1 fully saturated rings. The van der Waals surface area contributed by atoms with Crippen LogP contribution < -0.4 is 10.1 Å². The summed E-state index contributed by atoms with van der Waals surface area (Å²) in [5.41, 5.74) is 2.36. The maximum Gasteiger partial charge on any atom is 0.141 e. The lowest BCUT2D eigenvalue weighted by molar-refractivity contribution is 0.0681. The fourth-order valence-corrected chi connectivity index (χ4v) is 2.60. The van der Waals surface area contributed by atoms with E-state index in [-0.39, 0.29) is 0 Å². The predicted molar refractivity (Wildman–Crippen MR) is 74.4 cm³/mol. The van der Waals surface area contributed by atoms with E-state index in [0.29, 0.717) is 12.1 Å². The quantitative estimate of drug-likeness (QED) is 0.887. The summed E-state index contributed by atoms with van der Waals surface area (Å²) in [6.07, 6.45) is 5.05. The van der Waals surface area contributed by atoms with Crippen molar-refractivity contribution in [3.63, 3.8) is 0 Å². The number of hydrogen-bond donors (Lipinski definition) is 1. The van der Waals surface area contributed by atoms with E-state index in [1.165, 1.54) is 5.56 Å². The molecule has 0 unspecified atom stereocenters. The van der Waals surface area contributed by atoms with Gasteiger partial charge in [-0.25, -0.2) is 0 Å². The number of anilines is 1. The number of aryl methyl sites for hydroxylation is 1. The minimum Gasteiger partial charge on any atom is -0.495 e. The summed E-state index contributed by atoms with van der Waals surface area (Å²) in [7, 11) is 3.53. The molecule has 1 saturated carbocycles. The molecular formula is C15H23NO2. The van der Waals surface area contributed by atoms with Gasteiger partial charge in [-0.3, -0.25) is 0 Å². The molecule has 0 saturated heterocycles. The maximum atomic E-state index is 5.40. The van der Waals surface area contributed by atoms with E-state index < -0.39 is 0 Å². The number of ether oxygens (including phenoxy) is 2. The number of methoxy groups -OCH3 is 2. The summed E-state index contributed by atoms with van der Waals surface area (Å²) < 4.78 is 10.8. The van der Waals surface area contributed by atoms with E-state index in [1.54, 1.807) is 7.11 Å². The summed E-state index contributed by atoms with van der Waals surface area (Å²) >= 11 is 0. The van der Waals surface area contributed by atoms with E-state index in [4.69, 9.17) is 9.47 Å². The van der Waals surface area contributed by atoms with Crippen LogP contribution in [0.1, 0.15) is 31.2 Å². The van der Waals surface area contributed by atoms with Crippen LogP contribution >= 0.6 is 0 Å². The Morgan fingerprint density at radius 3 is 2.44 bits per heavy atom. The van der Waals surface area contributed by atoms with Crippen LogP contribution in [0.5, 0.6) is 5.75 Å². The first-order valence-electron chi connectivity index (χ1n) is 6.67. The number of nitrogens with one attached hydrogen (secondary N) is 1. The monoisotopic (exact) mass is 249 g/mol. The van der Waals surface area contributed by atoms with Crippen LogP contribution in [0, 0.1) is 6.92 Å². The van der Waals surface area contributed by atoms with Crippen molar-refractivity contribution in [1.29, 1.82) is 0 Å². The molecule has 1 aliphatic carbocycles. The van der Waals surface area contributed by atoms with Crippen LogP contribution in [0.4, 0.5) is 5.69 Å². The van der Waals surface area contributed by atoms with E-state index >= 15 is 0 Å². The van der Waals surface area contributed by atoms with Crippen molar-refractivity contribution in [3.05, 3.63) is 23.8 Å². The molecule has 18 heavy (non-hydrogen) atoms. The van der Waals surface area contributed by atoms with Gasteiger partial charge in [0.2, 0.25) is 0 Å². The largest absolute Gasteiger partial charge is 0.495 e. The average Bonchev–Trinajstić information content (AvgIpc) is 2.40. The molecule has 1 aromatic rings. The highest BCUT2D eigenvalue weighted by Gasteiger charge is 2.21. The minimum atomic E-state index is 0.447. The van der Waals surface area contributed by atoms with E-state index in [9.17, 15) is 0 Å². The zero-order chi connectivity index (χ0) is 13.0. The molecule has 0 aliphatic heterocycles. The third-order valence-electron chi connectivity index (χ3n) is 3.72. The van der Waals surface area contributed by atoms with Crippen LogP contribution in [-0.4, -0.2) is 26.4 Å². The Bertz CT molecular complexity index is 384. The van der Waals surface area contributed by atoms with Crippen molar-refractivity contribution >= 4 is 5.69 Å². The molecule has 2 rings (SSSR count). The SMILES string of the molecule is COc1ccc(C)cc1NC1CCC(OC)CC1. The summed E-state index contributed by atoms with van der Waals surface area (Å²) in [6.45, 7) is 2.10. The van der Waals surface area contributed by atoms with E-state index in [2.05, 4.69) is 24.4 Å². The molecule has 0 bridgehead atoms. The van der Waals surface area contributed by atoms with Gasteiger partial charge in [0.05, 0.1) is 18.9 Å². The standard InChI is InChI=1S/C15H23NO2/c1-11-4-9-15(18-3)14(10-11)16-12-5-7-13(17-2)8-6-12/h4,9-10,12-13,16H,5-8H2,1-3H3. The van der Waals surface area contributed by atoms with Gasteiger partial charge in [0, 0.05) is 13.2 Å². The van der Waals surface area contributed by atoms with Crippen molar-refractivity contribution in [1.82, 2.24) is 0 Å². The molecule has 3 nitrogen and oxygen atoms in total. The van der Waals surface area contributed by atoms with Crippen molar-refractivity contribution in [2.24, 2.45) is 0 Å². The molecule has 0 amide bonds. The zero-order valence-electron chi connectivity index (χ0n) is 11.5. The zero-order valence-corrected chi connectivity index (χ0v) is 11.5. The molecule has 0 radical (unpaired) electrons. The lowest BCUT2D eigenvalue weighted by atomic mass is 9.92. The lowest BCUT2D eigenvalue weighted by Gasteiger charge is -2.29. The summed E-state index contributed by atoms with van der Waals surface area (Å²) in [5.74, 6) is 0.925. The normalized spacial score (nSPS) is 23.7. The topological polar surface area (TPSA) is 30.5 Å². The fourth-order valence-electron chi connectivity index (χ4n) is 2.60. The van der Waals surface area contributed by atoms with Crippen molar-refractivity contribution in [3.8, 4) is 5.75 Å². The first-order chi connectivity index (χ1) is 8.72. The highest BCUT2D eigenvalue weighted by molar-refractivity contribution is 5.58. The Morgan fingerprint density at radius 2 is 1.83 bits per heavy atom. The molecule has 1 N–H and O–H groups in total. The molecular weight excluding hydrogens is 226 g/mol. The Labute approximate surface area is 109 Å². The van der Waals surface area contributed by atoms with Gasteiger partial charge < -0.3 is 14.8 Å². The van der Waals surface area contributed by atoms with Gasteiger partial charge in [0.25, 0.3) is 0 Å². The van der Waals surface area contributed by atoms with Crippen LogP contribution in [0.2, 0.25) is 0 Å². The molecule has 1 aromatic carbocycles. The van der Waals surface area contributed by atoms with E-state index in [0.717, 1.165) is 37.1 Å². The van der Waals surface area contributed by atoms with Gasteiger partial charge in [-0.1, -0.05) is 6.07 Å². The highest BCUT2D eigenvalue weighted by Crippen LogP contribution is 2.29. The molecule has 0 heterocycles. The van der Waals surface area contributed by atoms with Gasteiger partial charge in [-0.05, 0) is 50.3 Å². The highest BCUT2D eigenvalue weighted by atomic mass is 16.5. The smallest absolute Gasteiger partial charge is 0.141 e. The van der Waals surface area contributed by atoms with Crippen molar-refractivity contribution in [2.45, 2.75) is 44.8 Å². The fraction of sp³-hybridized carbons (Fsp3) is 0.600. The van der Waals surface area contributed by atoms with Crippen LogP contribution in [-0.2, 0) is 4.74 Å². The molecule has 0 atom stereocenters. The second-order valence-corrected chi connectivity index (χ2v) is 5.06. The lowest BCUT2D eigenvalue weighted by Crippen LogP contribution is -2.29. The van der Waals surface area contributed by atoms with Gasteiger partial charge in [0.15, 0.2) is 0 Å². The minimum absolute atomic E-state index is 0.447. The van der Waals surface area contributed by atoms with Crippen LogP contribution in [0.15, 0.2) is 18.2 Å². The average molecular weight is 249 g/mol. The second kappa shape index (κ2) is 6.10. The van der Waals surface area contributed by atoms with E-state index in [1.807, 2.05) is 13.2 Å². The van der Waals surface area contributed by atoms with Crippen molar-refractivity contribution < 1.29 is 9.47 Å². The third kappa shape index (κ3) is 3.16. The molecule has 3 heteroatoms. The molecule has 0 aromatic heterocycles. The molecule has 100 valence electrons. The third-order valence-corrected chi connectivity index (χ3v) is 3.72. The first-order valence-corrected chi connectivity index (χ1v) is 6.67. The maximum absolute atomic E-state index is 5.40. The number of benzene rings is 1. The first kappa shape index (κ1) is 13.2. The second-order valence-electron chi connectivity index (χ2n) is 5.06. The summed E-state index contributed by atoms with van der Waals surface area (Å²) in [5, 5.41) is 3.61. The van der Waals surface area contributed by atoms with Gasteiger partial charge in [-0.2, -0.15) is 0 Å². The number of rotatable bonds is 4. The molecule has 1 aliphatic rings. The van der Waals surface area contributed by atoms with Gasteiger partial charge >= 0.3 is 0 Å². The van der Waals surface area contributed by atoms with Gasteiger partial charge in [-0.15, -0.1) is 0 Å². The Balaban J connectivity index is 1.99. The summed E-state index contributed by atoms with van der Waals surface area (Å²) in [6, 6.07) is 6.79. The van der Waals surface area contributed by atoms with Crippen LogP contribution in [0.3, 0.4) is 0 Å². The Hall–Kier alpha value is -1.22. The Morgan fingerprint density at radius 1 is 1.11 bits per heavy atom. The van der Waals surface area contributed by atoms with Gasteiger partial charge in [0.1, 0.15) is 5.75 Å². The number of hydrogen-bond acceptors (Lipinski definition) is 3. The van der Waals surface area contributed by atoms with Crippen LogP contribution in [0.25, 0.3) is 0 Å². The molecule has 0 spiro atoms.